The first-order valence-electron chi connectivity index (χ1n) is 6.82. The zero-order chi connectivity index (χ0) is 14.8. The number of anilines is 2. The monoisotopic (exact) mass is 288 g/mol. The number of nitrogens with zero attached hydrogens (tertiary/aromatic N) is 4. The summed E-state index contributed by atoms with van der Waals surface area (Å²) in [7, 11) is 0. The van der Waals surface area contributed by atoms with Gasteiger partial charge in [-0.1, -0.05) is 12.1 Å². The number of H-pyrrole nitrogens is 1. The number of hydrogen-bond donors (Lipinski definition) is 2. The molecule has 0 spiro atoms. The molecule has 4 aromatic rings. The van der Waals surface area contributed by atoms with Crippen molar-refractivity contribution in [1.29, 1.82) is 0 Å². The molecule has 0 bridgehead atoms. The lowest BCUT2D eigenvalue weighted by Crippen LogP contribution is -1.98. The highest BCUT2D eigenvalue weighted by atomic mass is 15.1. The third kappa shape index (κ3) is 2.37. The lowest BCUT2D eigenvalue weighted by Gasteiger charge is -2.06. The summed E-state index contributed by atoms with van der Waals surface area (Å²) >= 11 is 0. The highest BCUT2D eigenvalue weighted by Crippen LogP contribution is 2.22. The molecular weight excluding hydrogens is 276 g/mol. The molecule has 22 heavy (non-hydrogen) atoms. The van der Waals surface area contributed by atoms with Crippen molar-refractivity contribution in [2.75, 3.05) is 5.32 Å². The average molecular weight is 288 g/mol. The molecule has 0 radical (unpaired) electrons. The number of aromatic nitrogens is 5. The zero-order valence-corrected chi connectivity index (χ0v) is 11.6. The lowest BCUT2D eigenvalue weighted by atomic mass is 10.1. The van der Waals surface area contributed by atoms with Crippen LogP contribution in [0.5, 0.6) is 0 Å². The van der Waals surface area contributed by atoms with Gasteiger partial charge in [-0.05, 0) is 24.3 Å². The van der Waals surface area contributed by atoms with E-state index >= 15 is 0 Å². The number of fused-ring (bicyclic) bond motifs is 1. The first-order chi connectivity index (χ1) is 10.9. The first-order valence-corrected chi connectivity index (χ1v) is 6.82. The minimum Gasteiger partial charge on any atom is -0.323 e. The van der Waals surface area contributed by atoms with E-state index in [0.29, 0.717) is 5.95 Å². The quantitative estimate of drug-likeness (QED) is 0.605. The van der Waals surface area contributed by atoms with Gasteiger partial charge in [-0.3, -0.25) is 10.1 Å². The van der Waals surface area contributed by atoms with Crippen molar-refractivity contribution >= 4 is 22.5 Å². The largest absolute Gasteiger partial charge is 0.323 e. The van der Waals surface area contributed by atoms with Crippen LogP contribution in [0.4, 0.5) is 11.6 Å². The molecule has 0 saturated heterocycles. The molecule has 0 atom stereocenters. The maximum absolute atomic E-state index is 4.55. The van der Waals surface area contributed by atoms with E-state index in [1.807, 2.05) is 36.4 Å². The number of nitrogens with one attached hydrogen (secondary N) is 2. The van der Waals surface area contributed by atoms with Crippen LogP contribution in [0.25, 0.3) is 22.2 Å². The van der Waals surface area contributed by atoms with Crippen LogP contribution < -0.4 is 5.32 Å². The molecule has 1 aromatic carbocycles. The SMILES string of the molecule is c1cncc(Nc2nccc(-c3ccc4cn[nH]c4c3)n2)c1. The molecule has 2 N–H and O–H groups in total. The van der Waals surface area contributed by atoms with Crippen LogP contribution in [-0.2, 0) is 0 Å². The molecule has 6 heteroatoms. The van der Waals surface area contributed by atoms with Crippen molar-refractivity contribution in [3.05, 3.63) is 61.2 Å². The molecule has 0 fully saturated rings. The molecule has 106 valence electrons. The van der Waals surface area contributed by atoms with Crippen LogP contribution in [0.15, 0.2) is 61.2 Å². The highest BCUT2D eigenvalue weighted by molar-refractivity contribution is 5.83. The smallest absolute Gasteiger partial charge is 0.227 e. The summed E-state index contributed by atoms with van der Waals surface area (Å²) in [6.07, 6.45) is 6.99. The van der Waals surface area contributed by atoms with Gasteiger partial charge in [0.25, 0.3) is 0 Å². The van der Waals surface area contributed by atoms with E-state index < -0.39 is 0 Å². The Morgan fingerprint density at radius 3 is 2.91 bits per heavy atom. The van der Waals surface area contributed by atoms with Crippen LogP contribution in [-0.4, -0.2) is 25.1 Å². The lowest BCUT2D eigenvalue weighted by molar-refractivity contribution is 1.12. The summed E-state index contributed by atoms with van der Waals surface area (Å²) < 4.78 is 0. The molecule has 3 aromatic heterocycles. The van der Waals surface area contributed by atoms with Crippen LogP contribution in [0, 0.1) is 0 Å². The second-order valence-corrected chi connectivity index (χ2v) is 4.80. The Hall–Kier alpha value is -3.28. The number of benzene rings is 1. The fourth-order valence-corrected chi connectivity index (χ4v) is 2.24. The standard InChI is InChI=1S/C16H12N6/c1-2-13(10-17-6-1)20-16-18-7-5-14(21-16)11-3-4-12-9-19-22-15(12)8-11/h1-10H,(H,19,22)(H,18,20,21). The number of hydrogen-bond acceptors (Lipinski definition) is 5. The van der Waals surface area contributed by atoms with E-state index in [9.17, 15) is 0 Å². The van der Waals surface area contributed by atoms with Gasteiger partial charge in [-0.25, -0.2) is 9.97 Å². The van der Waals surface area contributed by atoms with Gasteiger partial charge in [0.05, 0.1) is 29.3 Å². The second-order valence-electron chi connectivity index (χ2n) is 4.80. The van der Waals surface area contributed by atoms with Gasteiger partial charge in [-0.2, -0.15) is 5.10 Å². The minimum atomic E-state index is 0.537. The van der Waals surface area contributed by atoms with Crippen LogP contribution in [0.1, 0.15) is 0 Å². The van der Waals surface area contributed by atoms with Gasteiger partial charge in [0.1, 0.15) is 0 Å². The van der Waals surface area contributed by atoms with Gasteiger partial charge in [0.2, 0.25) is 5.95 Å². The molecule has 6 nitrogen and oxygen atoms in total. The Balaban J connectivity index is 1.69. The highest BCUT2D eigenvalue weighted by Gasteiger charge is 2.05. The molecule has 0 aliphatic heterocycles. The third-order valence-corrected chi connectivity index (χ3v) is 3.31. The van der Waals surface area contributed by atoms with Gasteiger partial charge < -0.3 is 5.32 Å². The van der Waals surface area contributed by atoms with E-state index in [4.69, 9.17) is 0 Å². The molecule has 0 saturated carbocycles. The summed E-state index contributed by atoms with van der Waals surface area (Å²) in [5, 5.41) is 11.2. The maximum Gasteiger partial charge on any atom is 0.227 e. The Morgan fingerprint density at radius 2 is 2.00 bits per heavy atom. The molecular formula is C16H12N6. The summed E-state index contributed by atoms with van der Waals surface area (Å²) in [5.41, 5.74) is 3.69. The summed E-state index contributed by atoms with van der Waals surface area (Å²) in [6, 6.07) is 11.7. The van der Waals surface area contributed by atoms with Gasteiger partial charge in [0, 0.05) is 23.3 Å². The van der Waals surface area contributed by atoms with Crippen molar-refractivity contribution in [3.63, 3.8) is 0 Å². The molecule has 0 aliphatic carbocycles. The van der Waals surface area contributed by atoms with Gasteiger partial charge >= 0.3 is 0 Å². The zero-order valence-electron chi connectivity index (χ0n) is 11.6. The van der Waals surface area contributed by atoms with Crippen molar-refractivity contribution in [2.45, 2.75) is 0 Å². The first kappa shape index (κ1) is 12.5. The Kier molecular flexibility index (Phi) is 2.97. The second kappa shape index (κ2) is 5.25. The van der Waals surface area contributed by atoms with Crippen molar-refractivity contribution in [1.82, 2.24) is 25.1 Å². The van der Waals surface area contributed by atoms with Crippen molar-refractivity contribution in [2.24, 2.45) is 0 Å². The van der Waals surface area contributed by atoms with E-state index in [2.05, 4.69) is 30.5 Å². The summed E-state index contributed by atoms with van der Waals surface area (Å²) in [6.45, 7) is 0. The molecule has 4 rings (SSSR count). The van der Waals surface area contributed by atoms with E-state index in [0.717, 1.165) is 27.8 Å². The number of rotatable bonds is 3. The van der Waals surface area contributed by atoms with E-state index in [-0.39, 0.29) is 0 Å². The predicted molar refractivity (Wildman–Crippen MR) is 84.6 cm³/mol. The number of aromatic amines is 1. The number of pyridine rings is 1. The van der Waals surface area contributed by atoms with E-state index in [1.165, 1.54) is 0 Å². The fourth-order valence-electron chi connectivity index (χ4n) is 2.24. The van der Waals surface area contributed by atoms with Crippen molar-refractivity contribution in [3.8, 4) is 11.3 Å². The Labute approximate surface area is 126 Å². The maximum atomic E-state index is 4.55. The third-order valence-electron chi connectivity index (χ3n) is 3.31. The van der Waals surface area contributed by atoms with Crippen LogP contribution in [0.3, 0.4) is 0 Å². The van der Waals surface area contributed by atoms with Crippen molar-refractivity contribution < 1.29 is 0 Å². The minimum absolute atomic E-state index is 0.537. The van der Waals surface area contributed by atoms with Gasteiger partial charge in [-0.15, -0.1) is 0 Å². The normalized spacial score (nSPS) is 10.7. The van der Waals surface area contributed by atoms with Crippen LogP contribution in [0.2, 0.25) is 0 Å². The van der Waals surface area contributed by atoms with Crippen LogP contribution >= 0.6 is 0 Å². The molecule has 0 unspecified atom stereocenters. The van der Waals surface area contributed by atoms with Gasteiger partial charge in [0.15, 0.2) is 0 Å². The molecule has 0 amide bonds. The predicted octanol–water partition coefficient (Wildman–Crippen LogP) is 3.16. The summed E-state index contributed by atoms with van der Waals surface area (Å²) in [5.74, 6) is 0.537. The molecule has 0 aliphatic rings. The Morgan fingerprint density at radius 1 is 1.00 bits per heavy atom. The Bertz CT molecular complexity index is 916. The molecule has 3 heterocycles. The average Bonchev–Trinajstić information content (AvgIpc) is 3.04. The summed E-state index contributed by atoms with van der Waals surface area (Å²) in [4.78, 5) is 12.8. The van der Waals surface area contributed by atoms with E-state index in [1.54, 1.807) is 24.8 Å². The fraction of sp³-hybridized carbons (Fsp3) is 0. The topological polar surface area (TPSA) is 79.4 Å².